The summed E-state index contributed by atoms with van der Waals surface area (Å²) in [5.74, 6) is -4.09. The van der Waals surface area contributed by atoms with E-state index in [-0.39, 0.29) is 5.75 Å². The maximum Gasteiger partial charge on any atom is 0.418 e. The number of nitrogens with zero attached hydrogens (tertiary/aromatic N) is 2. The molecule has 0 aliphatic carbocycles. The molecule has 4 aromatic rings. The van der Waals surface area contributed by atoms with Crippen LogP contribution in [0.4, 0.5) is 24.5 Å². The fourth-order valence-electron chi connectivity index (χ4n) is 5.32. The second-order valence-electron chi connectivity index (χ2n) is 9.84. The number of rotatable bonds is 5. The largest absolute Gasteiger partial charge is 0.508 e. The standard InChI is InChI=1S/C29H19BrF3N3O5S2/c30-15-7-5-14(6-8-15)21-22-23(26(40)36(25(22)39)19-4-2-1-3-18(19)29(31,32)33)42-27-24(21)43-28(41)35(27)13-20(38)34-16-9-11-17(37)12-10-16/h1-12,21-23,37H,13H2,(H,34,38)/t21-,22-,23+/m0/s1. The molecule has 0 radical (unpaired) electrons. The van der Waals surface area contributed by atoms with Crippen molar-refractivity contribution in [3.05, 3.63) is 103 Å². The minimum atomic E-state index is -4.81. The number of thioether (sulfide) groups is 1. The number of imide groups is 1. The number of phenols is 1. The Balaban J connectivity index is 1.43. The van der Waals surface area contributed by atoms with Crippen LogP contribution in [0.25, 0.3) is 0 Å². The molecule has 0 saturated carbocycles. The zero-order chi connectivity index (χ0) is 30.6. The third-order valence-electron chi connectivity index (χ3n) is 7.18. The third kappa shape index (κ3) is 5.27. The number of para-hydroxylation sites is 1. The highest BCUT2D eigenvalue weighted by atomic mass is 79.9. The van der Waals surface area contributed by atoms with E-state index < -0.39 is 63.7 Å². The van der Waals surface area contributed by atoms with Crippen molar-refractivity contribution in [2.75, 3.05) is 10.2 Å². The lowest BCUT2D eigenvalue weighted by Crippen LogP contribution is -2.33. The van der Waals surface area contributed by atoms with Crippen LogP contribution in [-0.4, -0.2) is 32.6 Å². The number of carbonyl (C=O) groups excluding carboxylic acids is 3. The lowest BCUT2D eigenvalue weighted by atomic mass is 9.83. The van der Waals surface area contributed by atoms with Gasteiger partial charge in [0.1, 0.15) is 17.5 Å². The van der Waals surface area contributed by atoms with Crippen LogP contribution in [0.2, 0.25) is 0 Å². The number of thiazole rings is 1. The van der Waals surface area contributed by atoms with Gasteiger partial charge in [-0.25, -0.2) is 4.90 Å². The summed E-state index contributed by atoms with van der Waals surface area (Å²) in [4.78, 5) is 54.5. The highest BCUT2D eigenvalue weighted by molar-refractivity contribution is 9.10. The second-order valence-corrected chi connectivity index (χ2v) is 12.9. The Morgan fingerprint density at radius 3 is 2.30 bits per heavy atom. The number of phenolic OH excluding ortho intramolecular Hbond substituents is 1. The molecule has 2 aliphatic rings. The lowest BCUT2D eigenvalue weighted by Gasteiger charge is -2.30. The van der Waals surface area contributed by atoms with Crippen LogP contribution in [-0.2, 0) is 27.1 Å². The minimum absolute atomic E-state index is 0.00809. The Morgan fingerprint density at radius 2 is 1.63 bits per heavy atom. The summed E-state index contributed by atoms with van der Waals surface area (Å²) in [7, 11) is 0. The molecule has 3 heterocycles. The number of nitrogens with one attached hydrogen (secondary N) is 1. The summed E-state index contributed by atoms with van der Waals surface area (Å²) in [6, 6.07) is 17.1. The SMILES string of the molecule is O=C(Cn1c2c(sc1=O)[C@@H](c1ccc(Br)cc1)[C@@H]1C(=O)N(c3ccccc3C(F)(F)F)C(=O)[C@@H]1S2)Nc1ccc(O)cc1. The molecule has 0 spiro atoms. The number of carbonyl (C=O) groups is 3. The van der Waals surface area contributed by atoms with Crippen LogP contribution in [0.3, 0.4) is 0 Å². The fraction of sp³-hybridized carbons (Fsp3) is 0.172. The normalized spacial score (nSPS) is 19.7. The molecule has 6 rings (SSSR count). The number of benzene rings is 3. The highest BCUT2D eigenvalue weighted by Gasteiger charge is 2.57. The Bertz CT molecular complexity index is 1820. The van der Waals surface area contributed by atoms with Crippen molar-refractivity contribution in [3.8, 4) is 5.75 Å². The molecule has 3 atom stereocenters. The number of hydrogen-bond donors (Lipinski definition) is 2. The third-order valence-corrected chi connectivity index (χ3v) is 10.3. The topological polar surface area (TPSA) is 109 Å². The first-order valence-electron chi connectivity index (χ1n) is 12.7. The number of fused-ring (bicyclic) bond motifs is 2. The van der Waals surface area contributed by atoms with E-state index in [1.165, 1.54) is 41.0 Å². The van der Waals surface area contributed by atoms with Gasteiger partial charge in [-0.2, -0.15) is 13.2 Å². The average molecular weight is 691 g/mol. The first kappa shape index (κ1) is 29.2. The van der Waals surface area contributed by atoms with E-state index in [0.29, 0.717) is 26.1 Å². The number of hydrogen-bond acceptors (Lipinski definition) is 7. The molecule has 8 nitrogen and oxygen atoms in total. The van der Waals surface area contributed by atoms with Crippen LogP contribution in [0.5, 0.6) is 5.75 Å². The number of halogens is 4. The molecule has 0 bridgehead atoms. The monoisotopic (exact) mass is 689 g/mol. The average Bonchev–Trinajstić information content (AvgIpc) is 3.40. The molecule has 1 fully saturated rings. The van der Waals surface area contributed by atoms with Crippen LogP contribution in [0, 0.1) is 5.92 Å². The molecule has 220 valence electrons. The van der Waals surface area contributed by atoms with E-state index in [1.54, 1.807) is 24.3 Å². The van der Waals surface area contributed by atoms with Crippen molar-refractivity contribution in [2.45, 2.75) is 28.9 Å². The summed E-state index contributed by atoms with van der Waals surface area (Å²) in [6.45, 7) is -0.411. The first-order chi connectivity index (χ1) is 20.4. The van der Waals surface area contributed by atoms with E-state index in [0.717, 1.165) is 39.7 Å². The minimum Gasteiger partial charge on any atom is -0.508 e. The molecule has 14 heteroatoms. The smallest absolute Gasteiger partial charge is 0.418 e. The molecule has 2 N–H and O–H groups in total. The van der Waals surface area contributed by atoms with E-state index in [2.05, 4.69) is 21.2 Å². The second kappa shape index (κ2) is 11.0. The van der Waals surface area contributed by atoms with Crippen LogP contribution < -0.4 is 15.1 Å². The van der Waals surface area contributed by atoms with Crippen molar-refractivity contribution < 1.29 is 32.7 Å². The molecule has 1 aromatic heterocycles. The fourth-order valence-corrected chi connectivity index (χ4v) is 8.36. The molecule has 0 unspecified atom stereocenters. The highest BCUT2D eigenvalue weighted by Crippen LogP contribution is 2.54. The molecule has 43 heavy (non-hydrogen) atoms. The molecule has 3 aromatic carbocycles. The van der Waals surface area contributed by atoms with Crippen LogP contribution in [0.15, 0.2) is 87.1 Å². The van der Waals surface area contributed by atoms with Gasteiger partial charge in [-0.05, 0) is 54.1 Å². The van der Waals surface area contributed by atoms with Crippen molar-refractivity contribution in [1.29, 1.82) is 0 Å². The van der Waals surface area contributed by atoms with Gasteiger partial charge in [0.15, 0.2) is 0 Å². The van der Waals surface area contributed by atoms with E-state index >= 15 is 0 Å². The van der Waals surface area contributed by atoms with E-state index in [1.807, 2.05) is 0 Å². The van der Waals surface area contributed by atoms with Gasteiger partial charge >= 0.3 is 11.0 Å². The molecule has 1 saturated heterocycles. The summed E-state index contributed by atoms with van der Waals surface area (Å²) in [6.07, 6.45) is -4.81. The number of amides is 3. The molecule has 2 aliphatic heterocycles. The van der Waals surface area contributed by atoms with Crippen molar-refractivity contribution in [2.24, 2.45) is 5.92 Å². The Hall–Kier alpha value is -3.88. The zero-order valence-electron chi connectivity index (χ0n) is 21.7. The number of alkyl halides is 3. The predicted octanol–water partition coefficient (Wildman–Crippen LogP) is 5.83. The van der Waals surface area contributed by atoms with Gasteiger partial charge in [-0.3, -0.25) is 23.7 Å². The maximum atomic E-state index is 13.9. The maximum absolute atomic E-state index is 13.9. The summed E-state index contributed by atoms with van der Waals surface area (Å²) >= 11 is 5.11. The summed E-state index contributed by atoms with van der Waals surface area (Å²) < 4.78 is 43.7. The number of anilines is 2. The summed E-state index contributed by atoms with van der Waals surface area (Å²) in [5, 5.41) is 11.3. The van der Waals surface area contributed by atoms with Gasteiger partial charge in [-0.1, -0.05) is 63.3 Å². The van der Waals surface area contributed by atoms with Crippen LogP contribution >= 0.6 is 39.0 Å². The van der Waals surface area contributed by atoms with Gasteiger partial charge in [-0.15, -0.1) is 0 Å². The van der Waals surface area contributed by atoms with Gasteiger partial charge in [0.05, 0.1) is 22.2 Å². The molecule has 3 amide bonds. The Kier molecular flexibility index (Phi) is 7.47. The van der Waals surface area contributed by atoms with Gasteiger partial charge in [0.2, 0.25) is 17.7 Å². The van der Waals surface area contributed by atoms with Crippen LogP contribution in [0.1, 0.15) is 21.9 Å². The van der Waals surface area contributed by atoms with Gasteiger partial charge in [0, 0.05) is 21.0 Å². The molecular formula is C29H19BrF3N3O5S2. The van der Waals surface area contributed by atoms with E-state index in [9.17, 15) is 37.5 Å². The van der Waals surface area contributed by atoms with Gasteiger partial charge < -0.3 is 10.4 Å². The zero-order valence-corrected chi connectivity index (χ0v) is 24.9. The quantitative estimate of drug-likeness (QED) is 0.202. The van der Waals surface area contributed by atoms with Crippen molar-refractivity contribution in [3.63, 3.8) is 0 Å². The van der Waals surface area contributed by atoms with Crippen molar-refractivity contribution >= 4 is 68.1 Å². The Labute approximate surface area is 258 Å². The van der Waals surface area contributed by atoms with Gasteiger partial charge in [0.25, 0.3) is 0 Å². The number of aromatic hydroxyl groups is 1. The van der Waals surface area contributed by atoms with Crippen molar-refractivity contribution in [1.82, 2.24) is 4.57 Å². The molecular weight excluding hydrogens is 671 g/mol. The lowest BCUT2D eigenvalue weighted by molar-refractivity contribution is -0.137. The summed E-state index contributed by atoms with van der Waals surface area (Å²) in [5.41, 5.74) is -0.688. The predicted molar refractivity (Wildman–Crippen MR) is 158 cm³/mol. The van der Waals surface area contributed by atoms with E-state index in [4.69, 9.17) is 0 Å². The number of aromatic nitrogens is 1. The Morgan fingerprint density at radius 1 is 0.953 bits per heavy atom. The first-order valence-corrected chi connectivity index (χ1v) is 15.2.